The number of hydrogen-bond acceptors (Lipinski definition) is 5. The molecule has 5 heteroatoms. The fraction of sp³-hybridized carbons (Fsp3) is 0.850. The van der Waals surface area contributed by atoms with Gasteiger partial charge >= 0.3 is 5.97 Å². The van der Waals surface area contributed by atoms with Crippen LogP contribution in [0.1, 0.15) is 52.9 Å². The van der Waals surface area contributed by atoms with Crippen molar-refractivity contribution in [1.29, 1.82) is 0 Å². The number of rotatable bonds is 1. The Labute approximate surface area is 149 Å². The Balaban J connectivity index is 1.78. The molecule has 25 heavy (non-hydrogen) atoms. The van der Waals surface area contributed by atoms with Gasteiger partial charge in [0, 0.05) is 24.7 Å². The van der Waals surface area contributed by atoms with Crippen molar-refractivity contribution in [1.82, 2.24) is 0 Å². The maximum Gasteiger partial charge on any atom is 0.333 e. The molecule has 140 valence electrons. The quantitative estimate of drug-likeness (QED) is 0.630. The first-order valence-electron chi connectivity index (χ1n) is 9.61. The minimum atomic E-state index is -1.52. The highest BCUT2D eigenvalue weighted by atomic mass is 16.7. The molecule has 0 radical (unpaired) electrons. The Morgan fingerprint density at radius 1 is 1.32 bits per heavy atom. The van der Waals surface area contributed by atoms with E-state index in [1.165, 1.54) is 6.08 Å². The predicted octanol–water partition coefficient (Wildman–Crippen LogP) is 2.00. The van der Waals surface area contributed by atoms with Crippen LogP contribution in [0.5, 0.6) is 0 Å². The van der Waals surface area contributed by atoms with Gasteiger partial charge in [0.2, 0.25) is 5.79 Å². The molecule has 3 saturated carbocycles. The number of hydrogen-bond donors (Lipinski definition) is 3. The van der Waals surface area contributed by atoms with Crippen LogP contribution in [-0.2, 0) is 9.53 Å². The van der Waals surface area contributed by atoms with Crippen LogP contribution in [0.15, 0.2) is 11.6 Å². The fourth-order valence-electron chi connectivity index (χ4n) is 7.01. The minimum absolute atomic E-state index is 0.0170. The van der Waals surface area contributed by atoms with Gasteiger partial charge in [-0.15, -0.1) is 0 Å². The molecule has 3 fully saturated rings. The highest BCUT2D eigenvalue weighted by Gasteiger charge is 2.65. The largest absolute Gasteiger partial charge is 0.426 e. The lowest BCUT2D eigenvalue weighted by molar-refractivity contribution is -0.237. The smallest absolute Gasteiger partial charge is 0.333 e. The SMILES string of the molecule is CC1C2=CC(=O)OC2(O)CC2C1C(O)CC1C(C)(CO)CCCC21C. The van der Waals surface area contributed by atoms with E-state index in [-0.39, 0.29) is 41.1 Å². The zero-order valence-electron chi connectivity index (χ0n) is 15.4. The van der Waals surface area contributed by atoms with Gasteiger partial charge in [-0.3, -0.25) is 0 Å². The first kappa shape index (κ1) is 17.5. The van der Waals surface area contributed by atoms with Gasteiger partial charge in [-0.1, -0.05) is 27.2 Å². The number of fused-ring (bicyclic) bond motifs is 4. The Hall–Kier alpha value is -0.910. The summed E-state index contributed by atoms with van der Waals surface area (Å²) in [6.07, 6.45) is 5.00. The number of aliphatic hydroxyl groups excluding tert-OH is 2. The molecule has 0 spiro atoms. The average Bonchev–Trinajstić information content (AvgIpc) is 2.85. The van der Waals surface area contributed by atoms with Crippen LogP contribution in [0, 0.1) is 34.5 Å². The summed E-state index contributed by atoms with van der Waals surface area (Å²) < 4.78 is 5.30. The van der Waals surface area contributed by atoms with E-state index in [1.54, 1.807) is 0 Å². The van der Waals surface area contributed by atoms with Crippen LogP contribution < -0.4 is 0 Å². The van der Waals surface area contributed by atoms with Crippen molar-refractivity contribution < 1.29 is 24.9 Å². The summed E-state index contributed by atoms with van der Waals surface area (Å²) in [4.78, 5) is 11.8. The number of esters is 1. The molecule has 0 aromatic rings. The summed E-state index contributed by atoms with van der Waals surface area (Å²) in [5, 5.41) is 32.1. The molecule has 0 amide bonds. The van der Waals surface area contributed by atoms with E-state index in [4.69, 9.17) is 4.74 Å². The predicted molar refractivity (Wildman–Crippen MR) is 91.2 cm³/mol. The molecular weight excluding hydrogens is 320 g/mol. The summed E-state index contributed by atoms with van der Waals surface area (Å²) in [5.74, 6) is -1.81. The van der Waals surface area contributed by atoms with Crippen LogP contribution in [0.2, 0.25) is 0 Å². The maximum absolute atomic E-state index is 11.8. The van der Waals surface area contributed by atoms with Crippen molar-refractivity contribution in [2.75, 3.05) is 6.61 Å². The molecule has 4 aliphatic rings. The third-order valence-corrected chi connectivity index (χ3v) is 8.25. The van der Waals surface area contributed by atoms with Gasteiger partial charge in [-0.05, 0) is 53.8 Å². The van der Waals surface area contributed by atoms with Crippen LogP contribution in [0.25, 0.3) is 0 Å². The molecule has 1 aliphatic heterocycles. The molecule has 0 aromatic carbocycles. The molecule has 0 saturated heterocycles. The van der Waals surface area contributed by atoms with Crippen LogP contribution >= 0.6 is 0 Å². The molecule has 8 unspecified atom stereocenters. The third-order valence-electron chi connectivity index (χ3n) is 8.25. The lowest BCUT2D eigenvalue weighted by atomic mass is 9.42. The van der Waals surface area contributed by atoms with Crippen molar-refractivity contribution >= 4 is 5.97 Å². The van der Waals surface area contributed by atoms with Crippen molar-refractivity contribution in [2.45, 2.75) is 64.8 Å². The van der Waals surface area contributed by atoms with Gasteiger partial charge in [0.05, 0.1) is 6.10 Å². The van der Waals surface area contributed by atoms with Gasteiger partial charge < -0.3 is 20.1 Å². The van der Waals surface area contributed by atoms with E-state index >= 15 is 0 Å². The summed E-state index contributed by atoms with van der Waals surface area (Å²) in [6.45, 7) is 6.51. The highest BCUT2D eigenvalue weighted by molar-refractivity contribution is 5.86. The zero-order valence-corrected chi connectivity index (χ0v) is 15.4. The Kier molecular flexibility index (Phi) is 3.71. The first-order valence-corrected chi connectivity index (χ1v) is 9.61. The summed E-state index contributed by atoms with van der Waals surface area (Å²) in [7, 11) is 0. The van der Waals surface area contributed by atoms with E-state index in [0.29, 0.717) is 18.4 Å². The second-order valence-corrected chi connectivity index (χ2v) is 9.51. The van der Waals surface area contributed by atoms with Crippen LogP contribution in [0.4, 0.5) is 0 Å². The monoisotopic (exact) mass is 350 g/mol. The van der Waals surface area contributed by atoms with E-state index in [2.05, 4.69) is 13.8 Å². The van der Waals surface area contributed by atoms with Gasteiger partial charge in [0.15, 0.2) is 0 Å². The summed E-state index contributed by atoms with van der Waals surface area (Å²) >= 11 is 0. The maximum atomic E-state index is 11.8. The lowest BCUT2D eigenvalue weighted by Gasteiger charge is -2.64. The Morgan fingerprint density at radius 3 is 2.72 bits per heavy atom. The van der Waals surface area contributed by atoms with E-state index < -0.39 is 17.9 Å². The number of carbonyl (C=O) groups is 1. The molecule has 4 rings (SSSR count). The van der Waals surface area contributed by atoms with Gasteiger partial charge in [0.1, 0.15) is 0 Å². The van der Waals surface area contributed by atoms with Crippen LogP contribution in [-0.4, -0.2) is 39.8 Å². The second-order valence-electron chi connectivity index (χ2n) is 9.51. The second kappa shape index (κ2) is 5.30. The molecule has 0 bridgehead atoms. The zero-order chi connectivity index (χ0) is 18.2. The number of carbonyl (C=O) groups excluding carboxylic acids is 1. The van der Waals surface area contributed by atoms with E-state index in [9.17, 15) is 20.1 Å². The summed E-state index contributed by atoms with van der Waals surface area (Å²) in [5.41, 5.74) is 0.345. The molecule has 3 aliphatic carbocycles. The minimum Gasteiger partial charge on any atom is -0.426 e. The molecule has 0 aromatic heterocycles. The molecule has 1 heterocycles. The Morgan fingerprint density at radius 2 is 2.04 bits per heavy atom. The standard InChI is InChI=1S/C20H30O5/c1-11-12-7-16(23)25-20(12,24)9-13-17(11)14(22)8-15-18(2,10-21)5-4-6-19(13,15)3/h7,11,13-15,17,21-22,24H,4-6,8-10H2,1-3H3. The van der Waals surface area contributed by atoms with Gasteiger partial charge in [-0.25, -0.2) is 4.79 Å². The van der Waals surface area contributed by atoms with Gasteiger partial charge in [-0.2, -0.15) is 0 Å². The van der Waals surface area contributed by atoms with E-state index in [0.717, 1.165) is 19.3 Å². The molecule has 8 atom stereocenters. The fourth-order valence-corrected chi connectivity index (χ4v) is 7.01. The van der Waals surface area contributed by atoms with Crippen molar-refractivity contribution in [2.24, 2.45) is 34.5 Å². The Bertz CT molecular complexity index is 630. The topological polar surface area (TPSA) is 87.0 Å². The van der Waals surface area contributed by atoms with Crippen molar-refractivity contribution in [3.8, 4) is 0 Å². The van der Waals surface area contributed by atoms with Crippen molar-refractivity contribution in [3.05, 3.63) is 11.6 Å². The van der Waals surface area contributed by atoms with E-state index in [1.807, 2.05) is 6.92 Å². The molecule has 3 N–H and O–H groups in total. The third kappa shape index (κ3) is 2.22. The average molecular weight is 350 g/mol. The van der Waals surface area contributed by atoms with Crippen LogP contribution in [0.3, 0.4) is 0 Å². The summed E-state index contributed by atoms with van der Waals surface area (Å²) in [6, 6.07) is 0. The van der Waals surface area contributed by atoms with Gasteiger partial charge in [0.25, 0.3) is 0 Å². The molecular formula is C20H30O5. The molecule has 5 nitrogen and oxygen atoms in total. The number of ether oxygens (including phenoxy) is 1. The normalized spacial score (nSPS) is 54.9. The lowest BCUT2D eigenvalue weighted by Crippen LogP contribution is -2.62. The van der Waals surface area contributed by atoms with Crippen molar-refractivity contribution in [3.63, 3.8) is 0 Å². The highest BCUT2D eigenvalue weighted by Crippen LogP contribution is 2.66. The first-order chi connectivity index (χ1) is 11.6. The number of aliphatic hydroxyl groups is 3.